The van der Waals surface area contributed by atoms with Crippen LogP contribution in [0.2, 0.25) is 0 Å². The van der Waals surface area contributed by atoms with Gasteiger partial charge in [0.25, 0.3) is 5.69 Å². The molecule has 0 fully saturated rings. The molecule has 0 aliphatic heterocycles. The third kappa shape index (κ3) is 2.52. The fourth-order valence-electron chi connectivity index (χ4n) is 1.02. The van der Waals surface area contributed by atoms with Gasteiger partial charge in [0, 0.05) is 11.0 Å². The largest absolute Gasteiger partial charge is 0.273 e. The summed E-state index contributed by atoms with van der Waals surface area (Å²) in [6.07, 6.45) is 1.38. The van der Waals surface area contributed by atoms with Crippen LogP contribution < -0.4 is 0 Å². The van der Waals surface area contributed by atoms with Crippen molar-refractivity contribution in [3.63, 3.8) is 0 Å². The lowest BCUT2D eigenvalue weighted by Crippen LogP contribution is -1.89. The number of benzene rings is 1. The van der Waals surface area contributed by atoms with Gasteiger partial charge in [0.2, 0.25) is 0 Å². The molecule has 0 aliphatic carbocycles. The van der Waals surface area contributed by atoms with Gasteiger partial charge >= 0.3 is 0 Å². The predicted octanol–water partition coefficient (Wildman–Crippen LogP) is 2.74. The van der Waals surface area contributed by atoms with Crippen LogP contribution in [0.1, 0.15) is 0 Å². The number of non-ortho nitro benzene ring substituents is 1. The fraction of sp³-hybridized carbons (Fsp3) is 0. The number of hydrogen-bond acceptors (Lipinski definition) is 6. The molecule has 82 valence electrons. The molecular weight excluding hydrogens is 253 g/mol. The number of nitro benzene ring substituents is 1. The van der Waals surface area contributed by atoms with Crippen LogP contribution in [0.5, 0.6) is 0 Å². The Kier molecular flexibility index (Phi) is 3.11. The molecule has 2 rings (SSSR count). The summed E-state index contributed by atoms with van der Waals surface area (Å²) in [7, 11) is 0. The smallest absolute Gasteiger partial charge is 0.258 e. The van der Waals surface area contributed by atoms with E-state index in [4.69, 9.17) is 0 Å². The predicted molar refractivity (Wildman–Crippen MR) is 57.1 cm³/mol. The molecule has 1 aromatic carbocycles. The average Bonchev–Trinajstić information content (AvgIpc) is 2.69. The Morgan fingerprint density at radius 2 is 2.25 bits per heavy atom. The van der Waals surface area contributed by atoms with E-state index in [0.717, 1.165) is 29.4 Å². The first-order valence-corrected chi connectivity index (χ1v) is 5.63. The Hall–Kier alpha value is -1.54. The number of halogens is 1. The van der Waals surface area contributed by atoms with Gasteiger partial charge in [-0.2, -0.15) is 4.37 Å². The van der Waals surface area contributed by atoms with Gasteiger partial charge in [-0.3, -0.25) is 10.1 Å². The Balaban J connectivity index is 2.31. The first kappa shape index (κ1) is 11.0. The number of aromatic nitrogens is 2. The van der Waals surface area contributed by atoms with E-state index < -0.39 is 10.7 Å². The molecule has 0 saturated heterocycles. The molecule has 16 heavy (non-hydrogen) atoms. The molecule has 0 unspecified atom stereocenters. The SMILES string of the molecule is O=[N+]([O-])c1cc(F)cc(Sc2ncns2)c1. The highest BCUT2D eigenvalue weighted by Crippen LogP contribution is 2.31. The normalized spacial score (nSPS) is 10.3. The monoisotopic (exact) mass is 257 g/mol. The van der Waals surface area contributed by atoms with Crippen LogP contribution in [-0.4, -0.2) is 14.3 Å². The van der Waals surface area contributed by atoms with Crippen molar-refractivity contribution in [3.05, 3.63) is 40.5 Å². The molecule has 8 heteroatoms. The molecule has 0 radical (unpaired) electrons. The summed E-state index contributed by atoms with van der Waals surface area (Å²) in [4.78, 5) is 14.2. The molecule has 0 spiro atoms. The third-order valence-electron chi connectivity index (χ3n) is 1.61. The molecule has 0 aliphatic rings. The maximum Gasteiger partial charge on any atom is 0.273 e. The van der Waals surface area contributed by atoms with Crippen LogP contribution in [0.4, 0.5) is 10.1 Å². The minimum Gasteiger partial charge on any atom is -0.258 e. The van der Waals surface area contributed by atoms with Crippen LogP contribution in [0.3, 0.4) is 0 Å². The van der Waals surface area contributed by atoms with Crippen molar-refractivity contribution >= 4 is 29.0 Å². The lowest BCUT2D eigenvalue weighted by atomic mass is 10.3. The summed E-state index contributed by atoms with van der Waals surface area (Å²) >= 11 is 2.29. The van der Waals surface area contributed by atoms with Crippen molar-refractivity contribution in [1.29, 1.82) is 0 Å². The first-order valence-electron chi connectivity index (χ1n) is 4.04. The van der Waals surface area contributed by atoms with Crippen molar-refractivity contribution in [2.45, 2.75) is 9.24 Å². The van der Waals surface area contributed by atoms with E-state index in [1.165, 1.54) is 18.5 Å². The van der Waals surface area contributed by atoms with Gasteiger partial charge in [0.15, 0.2) is 4.34 Å². The Bertz CT molecular complexity index is 518. The van der Waals surface area contributed by atoms with Crippen molar-refractivity contribution < 1.29 is 9.31 Å². The zero-order valence-electron chi connectivity index (χ0n) is 7.66. The lowest BCUT2D eigenvalue weighted by molar-refractivity contribution is -0.385. The highest BCUT2D eigenvalue weighted by atomic mass is 32.2. The number of nitrogens with zero attached hydrogens (tertiary/aromatic N) is 3. The molecule has 0 N–H and O–H groups in total. The van der Waals surface area contributed by atoms with Gasteiger partial charge in [0.1, 0.15) is 12.1 Å². The molecule has 1 heterocycles. The number of rotatable bonds is 3. The zero-order valence-corrected chi connectivity index (χ0v) is 9.29. The topological polar surface area (TPSA) is 68.9 Å². The van der Waals surface area contributed by atoms with E-state index >= 15 is 0 Å². The Morgan fingerprint density at radius 1 is 1.44 bits per heavy atom. The van der Waals surface area contributed by atoms with E-state index in [-0.39, 0.29) is 5.69 Å². The van der Waals surface area contributed by atoms with Crippen LogP contribution in [-0.2, 0) is 0 Å². The second kappa shape index (κ2) is 4.54. The van der Waals surface area contributed by atoms with Crippen molar-refractivity contribution in [2.24, 2.45) is 0 Å². The summed E-state index contributed by atoms with van der Waals surface area (Å²) < 4.78 is 17.5. The van der Waals surface area contributed by atoms with Crippen LogP contribution >= 0.6 is 23.3 Å². The molecule has 0 atom stereocenters. The van der Waals surface area contributed by atoms with Crippen LogP contribution in [0.25, 0.3) is 0 Å². The number of hydrogen-bond donors (Lipinski definition) is 0. The van der Waals surface area contributed by atoms with E-state index in [2.05, 4.69) is 9.36 Å². The molecule has 2 aromatic rings. The minimum atomic E-state index is -0.638. The van der Waals surface area contributed by atoms with Gasteiger partial charge in [-0.05, 0) is 17.6 Å². The third-order valence-corrected chi connectivity index (χ3v) is 3.30. The second-order valence-corrected chi connectivity index (χ2v) is 4.81. The van der Waals surface area contributed by atoms with Crippen molar-refractivity contribution in [3.8, 4) is 0 Å². The molecule has 0 amide bonds. The molecule has 5 nitrogen and oxygen atoms in total. The Labute approximate surface area is 97.7 Å². The summed E-state index contributed by atoms with van der Waals surface area (Å²) in [5.74, 6) is -0.638. The van der Waals surface area contributed by atoms with Crippen molar-refractivity contribution in [2.75, 3.05) is 0 Å². The average molecular weight is 257 g/mol. The number of nitro groups is 1. The van der Waals surface area contributed by atoms with E-state index in [1.807, 2.05) is 0 Å². The second-order valence-electron chi connectivity index (χ2n) is 2.71. The quantitative estimate of drug-likeness (QED) is 0.624. The van der Waals surface area contributed by atoms with Gasteiger partial charge < -0.3 is 0 Å². The van der Waals surface area contributed by atoms with Gasteiger partial charge in [0.05, 0.1) is 11.0 Å². The molecular formula is C8H4FN3O2S2. The zero-order chi connectivity index (χ0) is 11.5. The van der Waals surface area contributed by atoms with Crippen LogP contribution in [0, 0.1) is 15.9 Å². The summed E-state index contributed by atoms with van der Waals surface area (Å²) in [5.41, 5.74) is -0.271. The van der Waals surface area contributed by atoms with Gasteiger partial charge in [-0.1, -0.05) is 11.8 Å². The van der Waals surface area contributed by atoms with Crippen molar-refractivity contribution in [1.82, 2.24) is 9.36 Å². The van der Waals surface area contributed by atoms with Gasteiger partial charge in [-0.15, -0.1) is 0 Å². The van der Waals surface area contributed by atoms with E-state index in [1.54, 1.807) is 0 Å². The lowest BCUT2D eigenvalue weighted by Gasteiger charge is -1.98. The summed E-state index contributed by atoms with van der Waals surface area (Å²) in [6.45, 7) is 0. The molecule has 1 aromatic heterocycles. The summed E-state index contributed by atoms with van der Waals surface area (Å²) in [6, 6.07) is 3.40. The first-order chi connectivity index (χ1) is 7.65. The highest BCUT2D eigenvalue weighted by Gasteiger charge is 2.11. The minimum absolute atomic E-state index is 0.271. The summed E-state index contributed by atoms with van der Waals surface area (Å²) in [5, 5.41) is 10.5. The standard InChI is InChI=1S/C8H4FN3O2S2/c9-5-1-6(12(13)14)3-7(2-5)15-8-10-4-11-16-8/h1-4H. The Morgan fingerprint density at radius 3 is 2.88 bits per heavy atom. The fourth-order valence-corrected chi connectivity index (χ4v) is 2.52. The van der Waals surface area contributed by atoms with Gasteiger partial charge in [-0.25, -0.2) is 9.37 Å². The maximum absolute atomic E-state index is 13.1. The van der Waals surface area contributed by atoms with E-state index in [0.29, 0.717) is 9.24 Å². The van der Waals surface area contributed by atoms with E-state index in [9.17, 15) is 14.5 Å². The molecule has 0 bridgehead atoms. The maximum atomic E-state index is 13.1. The highest BCUT2D eigenvalue weighted by molar-refractivity contribution is 8.01. The molecule has 0 saturated carbocycles. The van der Waals surface area contributed by atoms with Crippen LogP contribution in [0.15, 0.2) is 33.8 Å².